The third kappa shape index (κ3) is 6.74. The van der Waals surface area contributed by atoms with Gasteiger partial charge in [-0.15, -0.1) is 0 Å². The van der Waals surface area contributed by atoms with Gasteiger partial charge in [0.05, 0.1) is 34.6 Å². The van der Waals surface area contributed by atoms with Gasteiger partial charge in [0.15, 0.2) is 11.5 Å². The van der Waals surface area contributed by atoms with Crippen LogP contribution in [0, 0.1) is 20.2 Å². The predicted molar refractivity (Wildman–Crippen MR) is 128 cm³/mol. The molecule has 0 heterocycles. The number of hydrogen-bond acceptors (Lipinski definition) is 8. The minimum Gasteiger partial charge on any atom is -0.493 e. The van der Waals surface area contributed by atoms with Crippen molar-refractivity contribution in [2.24, 2.45) is 5.10 Å². The highest BCUT2D eigenvalue weighted by Crippen LogP contribution is 2.36. The highest BCUT2D eigenvalue weighted by Gasteiger charge is 2.16. The maximum atomic E-state index is 12.1. The van der Waals surface area contributed by atoms with E-state index in [9.17, 15) is 25.0 Å². The molecule has 0 aliphatic rings. The van der Waals surface area contributed by atoms with Crippen LogP contribution in [0.4, 0.5) is 11.4 Å². The molecule has 3 rings (SSSR count). The Morgan fingerprint density at radius 3 is 2.57 bits per heavy atom. The fourth-order valence-electron chi connectivity index (χ4n) is 3.10. The summed E-state index contributed by atoms with van der Waals surface area (Å²) in [6.45, 7) is 0.0207. The zero-order valence-electron chi connectivity index (χ0n) is 18.3. The average Bonchev–Trinajstić information content (AvgIpc) is 2.83. The Labute approximate surface area is 204 Å². The number of hydrogen-bond donors (Lipinski definition) is 1. The van der Waals surface area contributed by atoms with Crippen LogP contribution >= 0.6 is 11.6 Å². The topological polar surface area (TPSA) is 146 Å². The van der Waals surface area contributed by atoms with Crippen molar-refractivity contribution in [3.05, 3.63) is 103 Å². The van der Waals surface area contributed by atoms with Crippen LogP contribution in [0.5, 0.6) is 11.5 Å². The fraction of sp³-hybridized carbons (Fsp3) is 0.130. The highest BCUT2D eigenvalue weighted by molar-refractivity contribution is 6.32. The number of carbonyl (C=O) groups excluding carboxylic acids is 1. The van der Waals surface area contributed by atoms with Gasteiger partial charge in [-0.05, 0) is 23.3 Å². The lowest BCUT2D eigenvalue weighted by atomic mass is 10.1. The summed E-state index contributed by atoms with van der Waals surface area (Å²) in [5.41, 5.74) is 3.44. The number of hydrazone groups is 1. The van der Waals surface area contributed by atoms with Crippen molar-refractivity contribution >= 4 is 35.1 Å². The first-order valence-corrected chi connectivity index (χ1v) is 10.4. The number of nitrogens with zero attached hydrogens (tertiary/aromatic N) is 3. The lowest BCUT2D eigenvalue weighted by Gasteiger charge is -2.13. The van der Waals surface area contributed by atoms with E-state index >= 15 is 0 Å². The number of nitrogens with one attached hydrogen (secondary N) is 1. The first-order chi connectivity index (χ1) is 16.8. The minimum atomic E-state index is -0.553. The quantitative estimate of drug-likeness (QED) is 0.247. The van der Waals surface area contributed by atoms with E-state index in [0.29, 0.717) is 11.1 Å². The van der Waals surface area contributed by atoms with Crippen LogP contribution in [0.2, 0.25) is 5.02 Å². The van der Waals surface area contributed by atoms with Crippen LogP contribution in [0.1, 0.15) is 16.7 Å². The number of nitro groups is 2. The van der Waals surface area contributed by atoms with Crippen LogP contribution in [-0.4, -0.2) is 29.1 Å². The molecule has 1 N–H and O–H groups in total. The molecule has 0 bridgehead atoms. The second-order valence-electron chi connectivity index (χ2n) is 7.11. The molecular formula is C23H19ClN4O7. The predicted octanol–water partition coefficient (Wildman–Crippen LogP) is 4.44. The zero-order valence-corrected chi connectivity index (χ0v) is 19.1. The van der Waals surface area contributed by atoms with Crippen molar-refractivity contribution in [1.82, 2.24) is 5.43 Å². The van der Waals surface area contributed by atoms with E-state index < -0.39 is 15.8 Å². The molecular weight excluding hydrogens is 480 g/mol. The van der Waals surface area contributed by atoms with Crippen LogP contribution in [0.25, 0.3) is 0 Å². The van der Waals surface area contributed by atoms with Gasteiger partial charge >= 0.3 is 0 Å². The normalized spacial score (nSPS) is 10.7. The molecule has 0 unspecified atom stereocenters. The molecule has 0 atom stereocenters. The number of non-ortho nitro benzene ring substituents is 1. The number of ether oxygens (including phenoxy) is 2. The molecule has 35 heavy (non-hydrogen) atoms. The van der Waals surface area contributed by atoms with E-state index in [1.807, 2.05) is 0 Å². The zero-order chi connectivity index (χ0) is 25.4. The van der Waals surface area contributed by atoms with E-state index in [-0.39, 0.29) is 46.5 Å². The van der Waals surface area contributed by atoms with Gasteiger partial charge in [-0.2, -0.15) is 5.10 Å². The summed E-state index contributed by atoms with van der Waals surface area (Å²) in [4.78, 5) is 33.1. The molecule has 3 aromatic rings. The molecule has 0 aliphatic carbocycles. The molecule has 0 aromatic heterocycles. The molecule has 0 radical (unpaired) electrons. The molecule has 180 valence electrons. The number of para-hydroxylation sites is 1. The number of benzene rings is 3. The fourth-order valence-corrected chi connectivity index (χ4v) is 3.37. The number of carbonyl (C=O) groups is 1. The number of halogens is 1. The Hall–Kier alpha value is -4.51. The van der Waals surface area contributed by atoms with Crippen LogP contribution in [0.15, 0.2) is 65.8 Å². The van der Waals surface area contributed by atoms with Crippen LogP contribution in [-0.2, 0) is 17.8 Å². The maximum Gasteiger partial charge on any atom is 0.273 e. The van der Waals surface area contributed by atoms with Crippen molar-refractivity contribution in [3.8, 4) is 11.5 Å². The standard InChI is InChI=1S/C23H19ClN4O7/c1-34-21-11-16(13-25-26-22(29)12-17-6-2-3-8-20(17)28(32)33)10-19(24)23(21)35-14-15-5-4-7-18(9-15)27(30)31/h2-11,13H,12,14H2,1H3,(H,26,29)/b25-13+. The Kier molecular flexibility index (Phi) is 8.30. The van der Waals surface area contributed by atoms with Gasteiger partial charge in [-0.3, -0.25) is 25.0 Å². The van der Waals surface area contributed by atoms with E-state index in [1.54, 1.807) is 24.3 Å². The van der Waals surface area contributed by atoms with E-state index in [0.717, 1.165) is 0 Å². The number of amides is 1. The SMILES string of the molecule is COc1cc(/C=N/NC(=O)Cc2ccccc2[N+](=O)[O-])cc(Cl)c1OCc1cccc([N+](=O)[O-])c1. The smallest absolute Gasteiger partial charge is 0.273 e. The Bertz CT molecular complexity index is 1300. The Morgan fingerprint density at radius 2 is 1.86 bits per heavy atom. The van der Waals surface area contributed by atoms with E-state index in [4.69, 9.17) is 21.1 Å². The lowest BCUT2D eigenvalue weighted by molar-refractivity contribution is -0.385. The van der Waals surface area contributed by atoms with Gasteiger partial charge in [-0.25, -0.2) is 5.43 Å². The molecule has 0 fully saturated rings. The summed E-state index contributed by atoms with van der Waals surface area (Å²) in [5, 5.41) is 26.1. The molecule has 1 amide bonds. The molecule has 12 heteroatoms. The second kappa shape index (κ2) is 11.6. The van der Waals surface area contributed by atoms with Crippen molar-refractivity contribution in [2.75, 3.05) is 7.11 Å². The molecule has 11 nitrogen and oxygen atoms in total. The van der Waals surface area contributed by atoms with Gasteiger partial charge in [0.2, 0.25) is 5.91 Å². The summed E-state index contributed by atoms with van der Waals surface area (Å²) in [6, 6.07) is 15.1. The number of rotatable bonds is 10. The number of methoxy groups -OCH3 is 1. The van der Waals surface area contributed by atoms with Gasteiger partial charge < -0.3 is 9.47 Å². The van der Waals surface area contributed by atoms with E-state index in [1.165, 1.54) is 49.7 Å². The summed E-state index contributed by atoms with van der Waals surface area (Å²) in [6.07, 6.45) is 1.11. The molecule has 0 saturated heterocycles. The maximum absolute atomic E-state index is 12.1. The Balaban J connectivity index is 1.66. The molecule has 0 saturated carbocycles. The van der Waals surface area contributed by atoms with Crippen LogP contribution < -0.4 is 14.9 Å². The molecule has 0 spiro atoms. The first-order valence-electron chi connectivity index (χ1n) is 10.1. The summed E-state index contributed by atoms with van der Waals surface area (Å²) in [5.74, 6) is -0.0145. The monoisotopic (exact) mass is 498 g/mol. The van der Waals surface area contributed by atoms with Crippen molar-refractivity contribution in [1.29, 1.82) is 0 Å². The number of nitro benzene ring substituents is 2. The third-order valence-electron chi connectivity index (χ3n) is 4.70. The van der Waals surface area contributed by atoms with Crippen molar-refractivity contribution in [2.45, 2.75) is 13.0 Å². The van der Waals surface area contributed by atoms with Gasteiger partial charge in [-0.1, -0.05) is 41.9 Å². The molecule has 0 aliphatic heterocycles. The Morgan fingerprint density at radius 1 is 1.09 bits per heavy atom. The van der Waals surface area contributed by atoms with Crippen LogP contribution in [0.3, 0.4) is 0 Å². The van der Waals surface area contributed by atoms with E-state index in [2.05, 4.69) is 10.5 Å². The minimum absolute atomic E-state index is 0.0207. The first kappa shape index (κ1) is 25.1. The summed E-state index contributed by atoms with van der Waals surface area (Å²) < 4.78 is 11.1. The van der Waals surface area contributed by atoms with Gasteiger partial charge in [0.25, 0.3) is 11.4 Å². The summed E-state index contributed by atoms with van der Waals surface area (Å²) >= 11 is 6.33. The summed E-state index contributed by atoms with van der Waals surface area (Å²) in [7, 11) is 1.42. The van der Waals surface area contributed by atoms with Gasteiger partial charge in [0, 0.05) is 23.8 Å². The third-order valence-corrected chi connectivity index (χ3v) is 4.98. The van der Waals surface area contributed by atoms with Crippen molar-refractivity contribution < 1.29 is 24.1 Å². The largest absolute Gasteiger partial charge is 0.493 e. The molecule has 3 aromatic carbocycles. The average molecular weight is 499 g/mol. The lowest BCUT2D eigenvalue weighted by Crippen LogP contribution is -2.20. The van der Waals surface area contributed by atoms with Crippen molar-refractivity contribution in [3.63, 3.8) is 0 Å². The second-order valence-corrected chi connectivity index (χ2v) is 7.51. The highest BCUT2D eigenvalue weighted by atomic mass is 35.5. The van der Waals surface area contributed by atoms with Gasteiger partial charge in [0.1, 0.15) is 6.61 Å².